The SMILES string of the molecule is CC1(C)CCCC1NC(=O)CC1CCC(N)CC1. The van der Waals surface area contributed by atoms with E-state index in [-0.39, 0.29) is 11.3 Å². The fourth-order valence-corrected chi connectivity index (χ4v) is 3.50. The molecule has 0 saturated heterocycles. The molecule has 0 aromatic heterocycles. The Kier molecular flexibility index (Phi) is 4.31. The number of amides is 1. The minimum Gasteiger partial charge on any atom is -0.353 e. The molecule has 0 aromatic carbocycles. The molecule has 1 atom stereocenters. The molecule has 2 saturated carbocycles. The normalized spacial score (nSPS) is 35.4. The van der Waals surface area contributed by atoms with Gasteiger partial charge in [-0.2, -0.15) is 0 Å². The lowest BCUT2D eigenvalue weighted by Crippen LogP contribution is -2.42. The number of hydrogen-bond donors (Lipinski definition) is 2. The lowest BCUT2D eigenvalue weighted by atomic mass is 9.83. The minimum atomic E-state index is 0.260. The van der Waals surface area contributed by atoms with E-state index in [0.717, 1.165) is 32.1 Å². The van der Waals surface area contributed by atoms with Crippen LogP contribution in [0.15, 0.2) is 0 Å². The number of nitrogens with one attached hydrogen (secondary N) is 1. The molecule has 2 fully saturated rings. The van der Waals surface area contributed by atoms with Gasteiger partial charge in [-0.1, -0.05) is 20.3 Å². The summed E-state index contributed by atoms with van der Waals surface area (Å²) < 4.78 is 0. The van der Waals surface area contributed by atoms with Crippen molar-refractivity contribution in [2.75, 3.05) is 0 Å². The van der Waals surface area contributed by atoms with Crippen LogP contribution in [0.2, 0.25) is 0 Å². The molecule has 0 heterocycles. The molecular formula is C15H28N2O. The van der Waals surface area contributed by atoms with Gasteiger partial charge in [0.25, 0.3) is 0 Å². The third kappa shape index (κ3) is 3.47. The summed E-state index contributed by atoms with van der Waals surface area (Å²) in [6.07, 6.45) is 8.77. The maximum Gasteiger partial charge on any atom is 0.220 e. The van der Waals surface area contributed by atoms with Crippen molar-refractivity contribution in [3.8, 4) is 0 Å². The summed E-state index contributed by atoms with van der Waals surface area (Å²) in [5, 5.41) is 3.26. The summed E-state index contributed by atoms with van der Waals surface area (Å²) in [4.78, 5) is 12.1. The van der Waals surface area contributed by atoms with Gasteiger partial charge < -0.3 is 11.1 Å². The van der Waals surface area contributed by atoms with E-state index in [1.165, 1.54) is 12.8 Å². The van der Waals surface area contributed by atoms with Gasteiger partial charge in [-0.05, 0) is 49.9 Å². The molecule has 0 spiro atoms. The first-order valence-electron chi connectivity index (χ1n) is 7.52. The maximum atomic E-state index is 12.1. The van der Waals surface area contributed by atoms with Crippen LogP contribution < -0.4 is 11.1 Å². The minimum absolute atomic E-state index is 0.260. The van der Waals surface area contributed by atoms with Gasteiger partial charge in [0, 0.05) is 18.5 Å². The van der Waals surface area contributed by atoms with Crippen molar-refractivity contribution in [1.82, 2.24) is 5.32 Å². The van der Waals surface area contributed by atoms with E-state index in [9.17, 15) is 4.79 Å². The van der Waals surface area contributed by atoms with Crippen molar-refractivity contribution in [3.63, 3.8) is 0 Å². The number of carbonyl (C=O) groups is 1. The topological polar surface area (TPSA) is 55.1 Å². The van der Waals surface area contributed by atoms with E-state index in [1.807, 2.05) is 0 Å². The second-order valence-corrected chi connectivity index (χ2v) is 6.99. The first kappa shape index (κ1) is 13.9. The lowest BCUT2D eigenvalue weighted by Gasteiger charge is -2.30. The highest BCUT2D eigenvalue weighted by atomic mass is 16.1. The van der Waals surface area contributed by atoms with Crippen molar-refractivity contribution in [1.29, 1.82) is 0 Å². The van der Waals surface area contributed by atoms with E-state index in [0.29, 0.717) is 24.4 Å². The maximum absolute atomic E-state index is 12.1. The van der Waals surface area contributed by atoms with Gasteiger partial charge >= 0.3 is 0 Å². The third-order valence-electron chi connectivity index (χ3n) is 4.96. The van der Waals surface area contributed by atoms with Crippen LogP contribution in [0.25, 0.3) is 0 Å². The third-order valence-corrected chi connectivity index (χ3v) is 4.96. The lowest BCUT2D eigenvalue weighted by molar-refractivity contribution is -0.123. The Hall–Kier alpha value is -0.570. The summed E-state index contributed by atoms with van der Waals surface area (Å²) >= 11 is 0. The zero-order valence-electron chi connectivity index (χ0n) is 11.9. The molecule has 2 rings (SSSR count). The molecule has 104 valence electrons. The van der Waals surface area contributed by atoms with Crippen LogP contribution in [0.3, 0.4) is 0 Å². The standard InChI is InChI=1S/C15H28N2O/c1-15(2)9-3-4-13(15)17-14(18)10-11-5-7-12(16)8-6-11/h11-13H,3-10,16H2,1-2H3,(H,17,18). The summed E-state index contributed by atoms with van der Waals surface area (Å²) in [5.74, 6) is 0.824. The molecule has 18 heavy (non-hydrogen) atoms. The molecule has 2 aliphatic rings. The highest BCUT2D eigenvalue weighted by Crippen LogP contribution is 2.37. The summed E-state index contributed by atoms with van der Waals surface area (Å²) in [6.45, 7) is 4.54. The Morgan fingerprint density at radius 3 is 2.44 bits per heavy atom. The van der Waals surface area contributed by atoms with E-state index >= 15 is 0 Å². The first-order valence-corrected chi connectivity index (χ1v) is 7.52. The molecule has 1 unspecified atom stereocenters. The van der Waals surface area contributed by atoms with Crippen LogP contribution in [-0.2, 0) is 4.79 Å². The van der Waals surface area contributed by atoms with Crippen LogP contribution in [0.4, 0.5) is 0 Å². The zero-order chi connectivity index (χ0) is 13.2. The number of carbonyl (C=O) groups excluding carboxylic acids is 1. The quantitative estimate of drug-likeness (QED) is 0.811. The van der Waals surface area contributed by atoms with Crippen LogP contribution >= 0.6 is 0 Å². The molecule has 3 heteroatoms. The van der Waals surface area contributed by atoms with Crippen molar-refractivity contribution < 1.29 is 4.79 Å². The largest absolute Gasteiger partial charge is 0.353 e. The second-order valence-electron chi connectivity index (χ2n) is 6.99. The van der Waals surface area contributed by atoms with Crippen LogP contribution in [0.1, 0.15) is 65.2 Å². The smallest absolute Gasteiger partial charge is 0.220 e. The van der Waals surface area contributed by atoms with Gasteiger partial charge in [0.15, 0.2) is 0 Å². The average molecular weight is 252 g/mol. The highest BCUT2D eigenvalue weighted by Gasteiger charge is 2.35. The van der Waals surface area contributed by atoms with Gasteiger partial charge in [0.1, 0.15) is 0 Å². The predicted molar refractivity (Wildman–Crippen MR) is 74.1 cm³/mol. The van der Waals surface area contributed by atoms with Crippen molar-refractivity contribution in [3.05, 3.63) is 0 Å². The Labute approximate surface area is 111 Å². The molecule has 1 amide bonds. The molecule has 3 N–H and O–H groups in total. The summed E-state index contributed by atoms with van der Waals surface area (Å²) in [6, 6.07) is 0.758. The monoisotopic (exact) mass is 252 g/mol. The van der Waals surface area contributed by atoms with Gasteiger partial charge in [-0.15, -0.1) is 0 Å². The van der Waals surface area contributed by atoms with Crippen LogP contribution in [0, 0.1) is 11.3 Å². The zero-order valence-corrected chi connectivity index (χ0v) is 11.9. The van der Waals surface area contributed by atoms with Gasteiger partial charge in [-0.3, -0.25) is 4.79 Å². The Morgan fingerprint density at radius 1 is 1.22 bits per heavy atom. The molecule has 0 bridgehead atoms. The first-order chi connectivity index (χ1) is 8.47. The Balaban J connectivity index is 1.75. The molecule has 0 radical (unpaired) electrons. The number of nitrogens with two attached hydrogens (primary N) is 1. The Morgan fingerprint density at radius 2 is 1.89 bits per heavy atom. The van der Waals surface area contributed by atoms with Crippen LogP contribution in [0.5, 0.6) is 0 Å². The van der Waals surface area contributed by atoms with Gasteiger partial charge in [-0.25, -0.2) is 0 Å². The van der Waals surface area contributed by atoms with E-state index in [4.69, 9.17) is 5.73 Å². The molecule has 0 aromatic rings. The summed E-state index contributed by atoms with van der Waals surface area (Å²) in [5.41, 5.74) is 6.18. The number of rotatable bonds is 3. The van der Waals surface area contributed by atoms with Gasteiger partial charge in [0.05, 0.1) is 0 Å². The van der Waals surface area contributed by atoms with E-state index < -0.39 is 0 Å². The van der Waals surface area contributed by atoms with E-state index in [1.54, 1.807) is 0 Å². The molecule has 0 aliphatic heterocycles. The average Bonchev–Trinajstić information content (AvgIpc) is 2.62. The molecule has 3 nitrogen and oxygen atoms in total. The second kappa shape index (κ2) is 5.60. The van der Waals surface area contributed by atoms with Crippen molar-refractivity contribution in [2.45, 2.75) is 77.3 Å². The van der Waals surface area contributed by atoms with Gasteiger partial charge in [0.2, 0.25) is 5.91 Å². The fourth-order valence-electron chi connectivity index (χ4n) is 3.50. The Bertz CT molecular complexity index is 293. The summed E-state index contributed by atoms with van der Waals surface area (Å²) in [7, 11) is 0. The fraction of sp³-hybridized carbons (Fsp3) is 0.933. The predicted octanol–water partition coefficient (Wildman–Crippen LogP) is 2.59. The van der Waals surface area contributed by atoms with Crippen LogP contribution in [-0.4, -0.2) is 18.0 Å². The highest BCUT2D eigenvalue weighted by molar-refractivity contribution is 5.76. The van der Waals surface area contributed by atoms with Crippen molar-refractivity contribution in [2.24, 2.45) is 17.1 Å². The van der Waals surface area contributed by atoms with Crippen molar-refractivity contribution >= 4 is 5.91 Å². The molecule has 2 aliphatic carbocycles. The number of hydrogen-bond acceptors (Lipinski definition) is 2. The molecular weight excluding hydrogens is 224 g/mol. The van der Waals surface area contributed by atoms with E-state index in [2.05, 4.69) is 19.2 Å².